The monoisotopic (exact) mass is 310 g/mol. The number of halogens is 2. The molecular weight excluding hydrogens is 299 g/mol. The molecule has 0 saturated carbocycles. The summed E-state index contributed by atoms with van der Waals surface area (Å²) in [6, 6.07) is 9.65. The van der Waals surface area contributed by atoms with Crippen molar-refractivity contribution in [3.05, 3.63) is 52.0 Å². The van der Waals surface area contributed by atoms with Crippen LogP contribution in [0.25, 0.3) is 0 Å². The fraction of sp³-hybridized carbons (Fsp3) is 0.0714. The molecule has 2 aromatic rings. The van der Waals surface area contributed by atoms with Crippen molar-refractivity contribution in [3.63, 3.8) is 0 Å². The van der Waals surface area contributed by atoms with E-state index in [4.69, 9.17) is 33.7 Å². The number of ether oxygens (including phenoxy) is 1. The third-order valence-electron chi connectivity index (χ3n) is 2.68. The van der Waals surface area contributed by atoms with Gasteiger partial charge in [0.15, 0.2) is 0 Å². The number of anilines is 2. The Bertz CT molecular complexity index is 660. The van der Waals surface area contributed by atoms with Crippen LogP contribution in [0.3, 0.4) is 0 Å². The van der Waals surface area contributed by atoms with Gasteiger partial charge in [-0.1, -0.05) is 23.2 Å². The van der Waals surface area contributed by atoms with Crippen molar-refractivity contribution in [2.45, 2.75) is 0 Å². The van der Waals surface area contributed by atoms with E-state index >= 15 is 0 Å². The van der Waals surface area contributed by atoms with Gasteiger partial charge < -0.3 is 15.8 Å². The molecule has 6 heteroatoms. The number of nitrogens with one attached hydrogen (secondary N) is 1. The molecule has 0 aromatic heterocycles. The molecular formula is C14H12Cl2N2O2. The van der Waals surface area contributed by atoms with Gasteiger partial charge in [0.1, 0.15) is 5.75 Å². The highest BCUT2D eigenvalue weighted by molar-refractivity contribution is 6.34. The van der Waals surface area contributed by atoms with Crippen LogP contribution in [-0.4, -0.2) is 13.0 Å². The maximum absolute atomic E-state index is 12.2. The third-order valence-corrected chi connectivity index (χ3v) is 3.24. The van der Waals surface area contributed by atoms with E-state index in [2.05, 4.69) is 5.32 Å². The molecule has 0 radical (unpaired) electrons. The number of amides is 1. The lowest BCUT2D eigenvalue weighted by atomic mass is 10.1. The molecule has 0 bridgehead atoms. The van der Waals surface area contributed by atoms with Crippen LogP contribution in [0.4, 0.5) is 11.4 Å². The number of hydrogen-bond acceptors (Lipinski definition) is 3. The number of hydrogen-bond donors (Lipinski definition) is 2. The summed E-state index contributed by atoms with van der Waals surface area (Å²) in [6.45, 7) is 0. The maximum Gasteiger partial charge on any atom is 0.257 e. The van der Waals surface area contributed by atoms with Crippen LogP contribution in [0.15, 0.2) is 36.4 Å². The number of carbonyl (C=O) groups is 1. The first-order valence-electron chi connectivity index (χ1n) is 5.71. The van der Waals surface area contributed by atoms with Gasteiger partial charge in [0, 0.05) is 16.8 Å². The smallest absolute Gasteiger partial charge is 0.257 e. The van der Waals surface area contributed by atoms with Gasteiger partial charge in [0.05, 0.1) is 23.4 Å². The zero-order chi connectivity index (χ0) is 14.7. The maximum atomic E-state index is 12.2. The Morgan fingerprint density at radius 3 is 2.60 bits per heavy atom. The van der Waals surface area contributed by atoms with Crippen LogP contribution >= 0.6 is 23.2 Å². The number of rotatable bonds is 3. The molecule has 0 fully saturated rings. The van der Waals surface area contributed by atoms with Crippen molar-refractivity contribution in [3.8, 4) is 5.75 Å². The van der Waals surface area contributed by atoms with Crippen LogP contribution in [0.2, 0.25) is 10.0 Å². The zero-order valence-corrected chi connectivity index (χ0v) is 12.1. The van der Waals surface area contributed by atoms with Crippen molar-refractivity contribution in [2.24, 2.45) is 0 Å². The van der Waals surface area contributed by atoms with Gasteiger partial charge in [-0.15, -0.1) is 0 Å². The van der Waals surface area contributed by atoms with Crippen LogP contribution in [0.1, 0.15) is 10.4 Å². The minimum absolute atomic E-state index is 0.300. The van der Waals surface area contributed by atoms with Gasteiger partial charge in [-0.25, -0.2) is 0 Å². The summed E-state index contributed by atoms with van der Waals surface area (Å²) in [5, 5.41) is 3.57. The molecule has 0 heterocycles. The van der Waals surface area contributed by atoms with Crippen LogP contribution in [0, 0.1) is 0 Å². The normalized spacial score (nSPS) is 10.2. The molecule has 0 aliphatic carbocycles. The molecule has 3 N–H and O–H groups in total. The van der Waals surface area contributed by atoms with Crippen molar-refractivity contribution < 1.29 is 9.53 Å². The quantitative estimate of drug-likeness (QED) is 0.847. The summed E-state index contributed by atoms with van der Waals surface area (Å²) in [5.41, 5.74) is 6.84. The first-order valence-corrected chi connectivity index (χ1v) is 6.47. The number of nitrogens with two attached hydrogens (primary N) is 1. The average molecular weight is 311 g/mol. The number of benzene rings is 2. The summed E-state index contributed by atoms with van der Waals surface area (Å²) >= 11 is 11.8. The summed E-state index contributed by atoms with van der Waals surface area (Å²) in [5.74, 6) is 0.225. The van der Waals surface area contributed by atoms with E-state index in [1.54, 1.807) is 30.3 Å². The predicted molar refractivity (Wildman–Crippen MR) is 81.8 cm³/mol. The van der Waals surface area contributed by atoms with E-state index in [-0.39, 0.29) is 5.91 Å². The lowest BCUT2D eigenvalue weighted by molar-refractivity contribution is 0.102. The summed E-state index contributed by atoms with van der Waals surface area (Å²) < 4.78 is 5.08. The molecule has 0 unspecified atom stereocenters. The molecule has 0 spiro atoms. The Morgan fingerprint density at radius 1 is 1.20 bits per heavy atom. The van der Waals surface area contributed by atoms with Crippen LogP contribution in [0.5, 0.6) is 5.75 Å². The minimum Gasteiger partial charge on any atom is -0.497 e. The molecule has 0 saturated heterocycles. The number of methoxy groups -OCH3 is 1. The summed E-state index contributed by atoms with van der Waals surface area (Å²) in [4.78, 5) is 12.2. The van der Waals surface area contributed by atoms with E-state index in [9.17, 15) is 4.79 Å². The largest absolute Gasteiger partial charge is 0.497 e. The Hall–Kier alpha value is -1.91. The van der Waals surface area contributed by atoms with Crippen molar-refractivity contribution in [2.75, 3.05) is 18.2 Å². The molecule has 20 heavy (non-hydrogen) atoms. The van der Waals surface area contributed by atoms with E-state index in [1.807, 2.05) is 0 Å². The van der Waals surface area contributed by atoms with Gasteiger partial charge in [-0.05, 0) is 30.3 Å². The highest BCUT2D eigenvalue weighted by Crippen LogP contribution is 2.28. The second-order valence-corrected chi connectivity index (χ2v) is 4.88. The lowest BCUT2D eigenvalue weighted by Crippen LogP contribution is -2.14. The van der Waals surface area contributed by atoms with Gasteiger partial charge in [-0.2, -0.15) is 0 Å². The zero-order valence-electron chi connectivity index (χ0n) is 10.6. The Morgan fingerprint density at radius 2 is 1.95 bits per heavy atom. The topological polar surface area (TPSA) is 64.3 Å². The van der Waals surface area contributed by atoms with Crippen LogP contribution < -0.4 is 15.8 Å². The second-order valence-electron chi connectivity index (χ2n) is 4.03. The van der Waals surface area contributed by atoms with Gasteiger partial charge in [0.25, 0.3) is 5.91 Å². The molecule has 0 atom stereocenters. The fourth-order valence-corrected chi connectivity index (χ4v) is 2.00. The van der Waals surface area contributed by atoms with Crippen molar-refractivity contribution >= 4 is 40.5 Å². The second kappa shape index (κ2) is 6.03. The molecule has 0 aliphatic heterocycles. The first-order chi connectivity index (χ1) is 9.51. The number of nitrogen functional groups attached to an aromatic ring is 1. The summed E-state index contributed by atoms with van der Waals surface area (Å²) in [6.07, 6.45) is 0. The first kappa shape index (κ1) is 14.5. The van der Waals surface area contributed by atoms with Gasteiger partial charge in [0.2, 0.25) is 0 Å². The SMILES string of the molecule is COc1ccc(Cl)c(NC(=O)c2ccc(Cl)cc2N)c1. The lowest BCUT2D eigenvalue weighted by Gasteiger charge is -2.10. The molecule has 1 amide bonds. The predicted octanol–water partition coefficient (Wildman–Crippen LogP) is 3.84. The highest BCUT2D eigenvalue weighted by Gasteiger charge is 2.12. The van der Waals surface area contributed by atoms with E-state index in [0.29, 0.717) is 32.7 Å². The molecule has 4 nitrogen and oxygen atoms in total. The highest BCUT2D eigenvalue weighted by atomic mass is 35.5. The Kier molecular flexibility index (Phi) is 4.37. The fourth-order valence-electron chi connectivity index (χ4n) is 1.66. The van der Waals surface area contributed by atoms with E-state index in [1.165, 1.54) is 13.2 Å². The average Bonchev–Trinajstić information content (AvgIpc) is 2.41. The van der Waals surface area contributed by atoms with E-state index < -0.39 is 0 Å². The minimum atomic E-state index is -0.366. The third kappa shape index (κ3) is 3.15. The molecule has 104 valence electrons. The van der Waals surface area contributed by atoms with Crippen LogP contribution in [-0.2, 0) is 0 Å². The Labute approximate surface area is 126 Å². The van der Waals surface area contributed by atoms with Crippen molar-refractivity contribution in [1.29, 1.82) is 0 Å². The van der Waals surface area contributed by atoms with Gasteiger partial charge >= 0.3 is 0 Å². The summed E-state index contributed by atoms with van der Waals surface area (Å²) in [7, 11) is 1.53. The molecule has 0 aliphatic rings. The van der Waals surface area contributed by atoms with Crippen molar-refractivity contribution in [1.82, 2.24) is 0 Å². The molecule has 2 aromatic carbocycles. The Balaban J connectivity index is 2.27. The number of carbonyl (C=O) groups excluding carboxylic acids is 1. The standard InChI is InChI=1S/C14H12Cl2N2O2/c1-20-9-3-5-11(16)13(7-9)18-14(19)10-4-2-8(15)6-12(10)17/h2-7H,17H2,1H3,(H,18,19). The van der Waals surface area contributed by atoms with Gasteiger partial charge in [-0.3, -0.25) is 4.79 Å². The molecule has 2 rings (SSSR count). The van der Waals surface area contributed by atoms with E-state index in [0.717, 1.165) is 0 Å².